The van der Waals surface area contributed by atoms with E-state index in [2.05, 4.69) is 4.98 Å². The van der Waals surface area contributed by atoms with Gasteiger partial charge in [-0.15, -0.1) is 11.8 Å². The molecule has 1 aliphatic rings. The first-order valence-electron chi connectivity index (χ1n) is 7.78. The standard InChI is InChI=1S/C18H15N3O2S2/c1-20(18-19-12-6-2-4-8-14(12)25-18)16(22)10-21-13-7-3-5-9-15(13)24-11-17(21)23/h2-9H,10-11H2,1H3. The SMILES string of the molecule is CN(C(=O)CN1C(=O)CSc2ccccc21)c1nc2ccccc2s1. The second-order valence-corrected chi connectivity index (χ2v) is 7.68. The fourth-order valence-corrected chi connectivity index (χ4v) is 4.56. The van der Waals surface area contributed by atoms with Gasteiger partial charge in [0.2, 0.25) is 11.8 Å². The van der Waals surface area contributed by atoms with Crippen LogP contribution >= 0.6 is 23.1 Å². The van der Waals surface area contributed by atoms with Gasteiger partial charge in [0.05, 0.1) is 21.7 Å². The number of carbonyl (C=O) groups is 2. The van der Waals surface area contributed by atoms with Gasteiger partial charge in [0, 0.05) is 11.9 Å². The summed E-state index contributed by atoms with van der Waals surface area (Å²) in [6.45, 7) is 0.0167. The highest BCUT2D eigenvalue weighted by molar-refractivity contribution is 8.00. The van der Waals surface area contributed by atoms with Crippen LogP contribution in [0.15, 0.2) is 53.4 Å². The Balaban J connectivity index is 1.58. The van der Waals surface area contributed by atoms with E-state index in [0.29, 0.717) is 10.9 Å². The highest BCUT2D eigenvalue weighted by Gasteiger charge is 2.28. The zero-order valence-electron chi connectivity index (χ0n) is 13.5. The number of hydrogen-bond acceptors (Lipinski definition) is 5. The predicted octanol–water partition coefficient (Wildman–Crippen LogP) is 3.40. The number of para-hydroxylation sites is 2. The summed E-state index contributed by atoms with van der Waals surface area (Å²) in [6.07, 6.45) is 0. The van der Waals surface area contributed by atoms with Gasteiger partial charge in [-0.1, -0.05) is 35.6 Å². The van der Waals surface area contributed by atoms with Crippen LogP contribution in [-0.2, 0) is 9.59 Å². The van der Waals surface area contributed by atoms with Crippen LogP contribution in [0.4, 0.5) is 10.8 Å². The second-order valence-electron chi connectivity index (χ2n) is 5.65. The molecule has 5 nitrogen and oxygen atoms in total. The van der Waals surface area contributed by atoms with Gasteiger partial charge in [0.15, 0.2) is 5.13 Å². The number of thioether (sulfide) groups is 1. The fraction of sp³-hybridized carbons (Fsp3) is 0.167. The van der Waals surface area contributed by atoms with Crippen LogP contribution in [0.2, 0.25) is 0 Å². The van der Waals surface area contributed by atoms with Crippen molar-refractivity contribution in [3.05, 3.63) is 48.5 Å². The van der Waals surface area contributed by atoms with Crippen molar-refractivity contribution in [2.24, 2.45) is 0 Å². The number of carbonyl (C=O) groups excluding carboxylic acids is 2. The Hall–Kier alpha value is -2.38. The van der Waals surface area contributed by atoms with Crippen molar-refractivity contribution in [2.75, 3.05) is 29.1 Å². The molecule has 0 aliphatic carbocycles. The number of hydrogen-bond donors (Lipinski definition) is 0. The first kappa shape index (κ1) is 16.1. The van der Waals surface area contributed by atoms with Gasteiger partial charge in [0.25, 0.3) is 0 Å². The normalized spacial score (nSPS) is 13.8. The molecule has 7 heteroatoms. The lowest BCUT2D eigenvalue weighted by atomic mass is 10.2. The molecule has 126 valence electrons. The van der Waals surface area contributed by atoms with Crippen LogP contribution in [0.1, 0.15) is 0 Å². The number of likely N-dealkylation sites (N-methyl/N-ethyl adjacent to an activating group) is 1. The lowest BCUT2D eigenvalue weighted by Crippen LogP contribution is -2.44. The number of anilines is 2. The molecule has 0 atom stereocenters. The van der Waals surface area contributed by atoms with Crippen LogP contribution in [0.5, 0.6) is 0 Å². The van der Waals surface area contributed by atoms with E-state index in [9.17, 15) is 9.59 Å². The summed E-state index contributed by atoms with van der Waals surface area (Å²) in [5, 5.41) is 0.637. The lowest BCUT2D eigenvalue weighted by Gasteiger charge is -2.29. The average Bonchev–Trinajstić information content (AvgIpc) is 3.07. The number of benzene rings is 2. The van der Waals surface area contributed by atoms with Crippen LogP contribution in [0, 0.1) is 0 Å². The lowest BCUT2D eigenvalue weighted by molar-refractivity contribution is -0.121. The summed E-state index contributed by atoms with van der Waals surface area (Å²) in [5.41, 5.74) is 1.67. The first-order valence-corrected chi connectivity index (χ1v) is 9.58. The predicted molar refractivity (Wildman–Crippen MR) is 103 cm³/mol. The number of nitrogens with zero attached hydrogens (tertiary/aromatic N) is 3. The Morgan fingerprint density at radius 2 is 1.96 bits per heavy atom. The molecular weight excluding hydrogens is 354 g/mol. The molecule has 2 amide bonds. The summed E-state index contributed by atoms with van der Waals surface area (Å²) in [5.74, 6) is 0.152. The molecule has 2 aromatic carbocycles. The maximum atomic E-state index is 12.7. The highest BCUT2D eigenvalue weighted by Crippen LogP contribution is 2.35. The fourth-order valence-electron chi connectivity index (χ4n) is 2.68. The van der Waals surface area contributed by atoms with Crippen molar-refractivity contribution in [1.82, 2.24) is 4.98 Å². The third kappa shape index (κ3) is 3.01. The van der Waals surface area contributed by atoms with Crippen LogP contribution in [0.25, 0.3) is 10.2 Å². The zero-order chi connectivity index (χ0) is 17.4. The van der Waals surface area contributed by atoms with Crippen molar-refractivity contribution in [3.8, 4) is 0 Å². The Bertz CT molecular complexity index is 937. The highest BCUT2D eigenvalue weighted by atomic mass is 32.2. The van der Waals surface area contributed by atoms with E-state index in [0.717, 1.165) is 20.8 Å². The van der Waals surface area contributed by atoms with Gasteiger partial charge in [-0.2, -0.15) is 0 Å². The molecule has 3 aromatic rings. The largest absolute Gasteiger partial charge is 0.301 e. The van der Waals surface area contributed by atoms with Crippen molar-refractivity contribution in [3.63, 3.8) is 0 Å². The smallest absolute Gasteiger partial charge is 0.248 e. The molecule has 25 heavy (non-hydrogen) atoms. The van der Waals surface area contributed by atoms with Gasteiger partial charge >= 0.3 is 0 Å². The van der Waals surface area contributed by atoms with Crippen molar-refractivity contribution in [1.29, 1.82) is 0 Å². The van der Waals surface area contributed by atoms with Crippen LogP contribution in [0.3, 0.4) is 0 Å². The van der Waals surface area contributed by atoms with E-state index >= 15 is 0 Å². The van der Waals surface area contributed by atoms with E-state index in [1.165, 1.54) is 28.0 Å². The quantitative estimate of drug-likeness (QED) is 0.710. The second kappa shape index (κ2) is 6.50. The van der Waals surface area contributed by atoms with Gasteiger partial charge in [-0.3, -0.25) is 14.5 Å². The topological polar surface area (TPSA) is 53.5 Å². The Labute approximate surface area is 153 Å². The van der Waals surface area contributed by atoms with Gasteiger partial charge in [-0.25, -0.2) is 4.98 Å². The molecule has 2 heterocycles. The number of rotatable bonds is 3. The third-order valence-corrected chi connectivity index (χ3v) is 6.21. The minimum absolute atomic E-state index is 0.0167. The van der Waals surface area contributed by atoms with E-state index in [4.69, 9.17) is 0 Å². The Kier molecular flexibility index (Phi) is 4.19. The summed E-state index contributed by atoms with van der Waals surface area (Å²) in [4.78, 5) is 33.7. The number of thiazole rings is 1. The molecule has 1 aromatic heterocycles. The summed E-state index contributed by atoms with van der Waals surface area (Å²) < 4.78 is 1.04. The first-order chi connectivity index (χ1) is 12.1. The molecule has 0 N–H and O–H groups in total. The zero-order valence-corrected chi connectivity index (χ0v) is 15.1. The minimum Gasteiger partial charge on any atom is -0.301 e. The summed E-state index contributed by atoms with van der Waals surface area (Å²) in [6, 6.07) is 15.5. The van der Waals surface area contributed by atoms with E-state index in [-0.39, 0.29) is 18.4 Å². The van der Waals surface area contributed by atoms with Gasteiger partial charge in [-0.05, 0) is 24.3 Å². The van der Waals surface area contributed by atoms with Crippen molar-refractivity contribution < 1.29 is 9.59 Å². The molecule has 0 spiro atoms. The Morgan fingerprint density at radius 1 is 1.20 bits per heavy atom. The molecule has 1 aliphatic heterocycles. The maximum absolute atomic E-state index is 12.7. The van der Waals surface area contributed by atoms with E-state index in [1.807, 2.05) is 48.5 Å². The number of aromatic nitrogens is 1. The maximum Gasteiger partial charge on any atom is 0.248 e. The average molecular weight is 369 g/mol. The summed E-state index contributed by atoms with van der Waals surface area (Å²) >= 11 is 2.98. The summed E-state index contributed by atoms with van der Waals surface area (Å²) in [7, 11) is 1.70. The van der Waals surface area contributed by atoms with E-state index in [1.54, 1.807) is 11.9 Å². The van der Waals surface area contributed by atoms with Crippen LogP contribution < -0.4 is 9.80 Å². The molecule has 0 bridgehead atoms. The third-order valence-electron chi connectivity index (χ3n) is 4.05. The van der Waals surface area contributed by atoms with Gasteiger partial charge < -0.3 is 4.90 Å². The molecule has 0 radical (unpaired) electrons. The molecule has 0 fully saturated rings. The molecule has 4 rings (SSSR count). The molecule has 0 unspecified atom stereocenters. The minimum atomic E-state index is -0.158. The molecular formula is C18H15N3O2S2. The Morgan fingerprint density at radius 3 is 2.80 bits per heavy atom. The number of amides is 2. The van der Waals surface area contributed by atoms with Crippen molar-refractivity contribution in [2.45, 2.75) is 4.90 Å². The molecule has 0 saturated carbocycles. The monoisotopic (exact) mass is 369 g/mol. The van der Waals surface area contributed by atoms with E-state index < -0.39 is 0 Å². The van der Waals surface area contributed by atoms with Gasteiger partial charge in [0.1, 0.15) is 6.54 Å². The number of fused-ring (bicyclic) bond motifs is 2. The van der Waals surface area contributed by atoms with Crippen LogP contribution in [-0.4, -0.2) is 36.1 Å². The van der Waals surface area contributed by atoms with Crippen molar-refractivity contribution >= 4 is 55.9 Å². The molecule has 0 saturated heterocycles.